The number of Topliss-reactive ketones (excluding diaryl/α,β-unsaturated/α-hetero) is 1. The molecule has 1 heterocycles. The van der Waals surface area contributed by atoms with Crippen molar-refractivity contribution >= 4 is 28.8 Å². The van der Waals surface area contributed by atoms with E-state index in [0.29, 0.717) is 5.69 Å². The fourth-order valence-corrected chi connectivity index (χ4v) is 3.69. The van der Waals surface area contributed by atoms with Gasteiger partial charge in [-0.2, -0.15) is 0 Å². The van der Waals surface area contributed by atoms with Gasteiger partial charge in [0.15, 0.2) is 0 Å². The summed E-state index contributed by atoms with van der Waals surface area (Å²) in [7, 11) is 0. The number of nitrogens with zero attached hydrogens (tertiary/aromatic N) is 2. The van der Waals surface area contributed by atoms with Gasteiger partial charge in [0.2, 0.25) is 0 Å². The van der Waals surface area contributed by atoms with Crippen LogP contribution < -0.4 is 4.90 Å². The first-order chi connectivity index (χ1) is 15.3. The Bertz CT molecular complexity index is 1270. The monoisotopic (exact) mass is 432 g/mol. The van der Waals surface area contributed by atoms with Crippen LogP contribution >= 0.6 is 0 Å². The van der Waals surface area contributed by atoms with E-state index in [4.69, 9.17) is 0 Å². The quantitative estimate of drug-likeness (QED) is 0.212. The standard InChI is InChI=1S/C24H17FN2O5/c1-14-6-10-16(11-7-14)26-21(18-4-2-3-5-19(18)25)20(23(29)24(26)30)22(28)15-8-12-17(13-9-15)27(31)32/h2-13,21,28H,1H3/t21-/m0/s1. The summed E-state index contributed by atoms with van der Waals surface area (Å²) >= 11 is 0. The highest BCUT2D eigenvalue weighted by atomic mass is 19.1. The third-order valence-corrected chi connectivity index (χ3v) is 5.31. The molecule has 1 aliphatic heterocycles. The Kier molecular flexibility index (Phi) is 5.28. The molecule has 1 amide bonds. The number of aliphatic hydroxyl groups is 1. The Balaban J connectivity index is 1.93. The lowest BCUT2D eigenvalue weighted by atomic mass is 9.94. The molecule has 1 saturated heterocycles. The van der Waals surface area contributed by atoms with Gasteiger partial charge in [0.1, 0.15) is 11.6 Å². The Hall–Kier alpha value is -4.33. The first kappa shape index (κ1) is 20.9. The zero-order chi connectivity index (χ0) is 23.0. The van der Waals surface area contributed by atoms with E-state index in [1.54, 1.807) is 30.3 Å². The molecule has 0 saturated carbocycles. The van der Waals surface area contributed by atoms with Crippen molar-refractivity contribution in [2.45, 2.75) is 13.0 Å². The van der Waals surface area contributed by atoms with E-state index in [0.717, 1.165) is 10.5 Å². The number of nitro groups is 1. The maximum Gasteiger partial charge on any atom is 0.300 e. The van der Waals surface area contributed by atoms with Gasteiger partial charge in [-0.1, -0.05) is 35.9 Å². The number of benzene rings is 3. The summed E-state index contributed by atoms with van der Waals surface area (Å²) in [5.41, 5.74) is 0.934. The molecule has 1 atom stereocenters. The van der Waals surface area contributed by atoms with Crippen LogP contribution in [0.5, 0.6) is 0 Å². The molecule has 7 nitrogen and oxygen atoms in total. The number of carbonyl (C=O) groups is 2. The van der Waals surface area contributed by atoms with Crippen molar-refractivity contribution in [3.05, 3.63) is 111 Å². The van der Waals surface area contributed by atoms with Crippen LogP contribution in [0.1, 0.15) is 22.7 Å². The Morgan fingerprint density at radius 3 is 2.22 bits per heavy atom. The number of ketones is 1. The second-order valence-corrected chi connectivity index (χ2v) is 7.33. The van der Waals surface area contributed by atoms with Crippen LogP contribution in [0, 0.1) is 22.9 Å². The number of rotatable bonds is 4. The average molecular weight is 432 g/mol. The Labute approximate surface area is 182 Å². The normalized spacial score (nSPS) is 17.6. The maximum atomic E-state index is 14.8. The molecule has 1 fully saturated rings. The summed E-state index contributed by atoms with van der Waals surface area (Å²) in [6.07, 6.45) is 0. The number of hydrogen-bond acceptors (Lipinski definition) is 5. The van der Waals surface area contributed by atoms with Gasteiger partial charge >= 0.3 is 0 Å². The Morgan fingerprint density at radius 1 is 1.00 bits per heavy atom. The second kappa shape index (κ2) is 8.07. The van der Waals surface area contributed by atoms with Gasteiger partial charge in [0, 0.05) is 28.9 Å². The van der Waals surface area contributed by atoms with Crippen LogP contribution in [-0.2, 0) is 9.59 Å². The molecule has 0 bridgehead atoms. The number of anilines is 1. The second-order valence-electron chi connectivity index (χ2n) is 7.33. The van der Waals surface area contributed by atoms with E-state index in [9.17, 15) is 29.2 Å². The molecule has 8 heteroatoms. The number of nitro benzene ring substituents is 1. The first-order valence-corrected chi connectivity index (χ1v) is 9.66. The lowest BCUT2D eigenvalue weighted by molar-refractivity contribution is -0.384. The predicted octanol–water partition coefficient (Wildman–Crippen LogP) is 4.67. The molecule has 3 aromatic rings. The number of aryl methyl sites for hydroxylation is 1. The summed E-state index contributed by atoms with van der Waals surface area (Å²) < 4.78 is 14.8. The van der Waals surface area contributed by atoms with E-state index < -0.39 is 34.2 Å². The molecule has 0 unspecified atom stereocenters. The summed E-state index contributed by atoms with van der Waals surface area (Å²) in [4.78, 5) is 37.5. The van der Waals surface area contributed by atoms with Gasteiger partial charge < -0.3 is 5.11 Å². The van der Waals surface area contributed by atoms with E-state index in [2.05, 4.69) is 0 Å². The van der Waals surface area contributed by atoms with E-state index >= 15 is 0 Å². The van der Waals surface area contributed by atoms with E-state index in [-0.39, 0.29) is 22.4 Å². The van der Waals surface area contributed by atoms with Crippen molar-refractivity contribution < 1.29 is 24.0 Å². The number of halogens is 1. The van der Waals surface area contributed by atoms with Crippen molar-refractivity contribution in [1.82, 2.24) is 0 Å². The molecular formula is C24H17FN2O5. The molecule has 0 aliphatic carbocycles. The summed E-state index contributed by atoms with van der Waals surface area (Å²) in [5.74, 6) is -3.08. The lowest BCUT2D eigenvalue weighted by Crippen LogP contribution is -2.29. The minimum atomic E-state index is -1.21. The van der Waals surface area contributed by atoms with Gasteiger partial charge in [-0.25, -0.2) is 4.39 Å². The summed E-state index contributed by atoms with van der Waals surface area (Å²) in [5, 5.41) is 21.9. The minimum absolute atomic E-state index is 0.0377. The highest BCUT2D eigenvalue weighted by Crippen LogP contribution is 2.43. The molecule has 0 radical (unpaired) electrons. The van der Waals surface area contributed by atoms with Gasteiger partial charge in [0.25, 0.3) is 17.4 Å². The molecule has 1 aliphatic rings. The van der Waals surface area contributed by atoms with Gasteiger partial charge in [-0.3, -0.25) is 24.6 Å². The highest BCUT2D eigenvalue weighted by molar-refractivity contribution is 6.51. The van der Waals surface area contributed by atoms with Gasteiger partial charge in [-0.05, 0) is 37.3 Å². The van der Waals surface area contributed by atoms with Crippen molar-refractivity contribution in [2.24, 2.45) is 0 Å². The third-order valence-electron chi connectivity index (χ3n) is 5.31. The van der Waals surface area contributed by atoms with Gasteiger partial charge in [-0.15, -0.1) is 0 Å². The van der Waals surface area contributed by atoms with Crippen LogP contribution in [0.4, 0.5) is 15.8 Å². The SMILES string of the molecule is Cc1ccc(N2C(=O)C(=O)C(=C(O)c3ccc([N+](=O)[O-])cc3)[C@@H]2c2ccccc2F)cc1. The van der Waals surface area contributed by atoms with Crippen LogP contribution in [0.3, 0.4) is 0 Å². The van der Waals surface area contributed by atoms with Gasteiger partial charge in [0.05, 0.1) is 16.5 Å². The van der Waals surface area contributed by atoms with Crippen LogP contribution in [0.2, 0.25) is 0 Å². The summed E-state index contributed by atoms with van der Waals surface area (Å²) in [6.45, 7) is 1.86. The molecule has 0 aromatic heterocycles. The van der Waals surface area contributed by atoms with E-state index in [1.807, 2.05) is 6.92 Å². The predicted molar refractivity (Wildman–Crippen MR) is 115 cm³/mol. The van der Waals surface area contributed by atoms with Crippen molar-refractivity contribution in [2.75, 3.05) is 4.90 Å². The first-order valence-electron chi connectivity index (χ1n) is 9.66. The van der Waals surface area contributed by atoms with Crippen LogP contribution in [0.15, 0.2) is 78.4 Å². The minimum Gasteiger partial charge on any atom is -0.507 e. The highest BCUT2D eigenvalue weighted by Gasteiger charge is 2.47. The smallest absolute Gasteiger partial charge is 0.300 e. The molecule has 32 heavy (non-hydrogen) atoms. The molecule has 0 spiro atoms. The number of carbonyl (C=O) groups excluding carboxylic acids is 2. The molecule has 3 aromatic carbocycles. The fraction of sp³-hybridized carbons (Fsp3) is 0.0833. The largest absolute Gasteiger partial charge is 0.507 e. The average Bonchev–Trinajstić information content (AvgIpc) is 3.05. The molecule has 160 valence electrons. The zero-order valence-corrected chi connectivity index (χ0v) is 16.9. The number of amides is 1. The topological polar surface area (TPSA) is 101 Å². The third kappa shape index (κ3) is 3.51. The van der Waals surface area contributed by atoms with Crippen molar-refractivity contribution in [1.29, 1.82) is 0 Å². The van der Waals surface area contributed by atoms with Crippen molar-refractivity contribution in [3.63, 3.8) is 0 Å². The number of non-ortho nitro benzene ring substituents is 1. The van der Waals surface area contributed by atoms with Crippen molar-refractivity contribution in [3.8, 4) is 0 Å². The number of hydrogen-bond donors (Lipinski definition) is 1. The molecular weight excluding hydrogens is 415 g/mol. The summed E-state index contributed by atoms with van der Waals surface area (Å²) in [6, 6.07) is 16.1. The molecule has 4 rings (SSSR count). The zero-order valence-electron chi connectivity index (χ0n) is 16.9. The lowest BCUT2D eigenvalue weighted by Gasteiger charge is -2.25. The maximum absolute atomic E-state index is 14.8. The Morgan fingerprint density at radius 2 is 1.62 bits per heavy atom. The fourth-order valence-electron chi connectivity index (χ4n) is 3.69. The van der Waals surface area contributed by atoms with Crippen LogP contribution in [-0.4, -0.2) is 21.7 Å². The molecule has 1 N–H and O–H groups in total. The van der Waals surface area contributed by atoms with E-state index in [1.165, 1.54) is 42.5 Å². The van der Waals surface area contributed by atoms with Crippen LogP contribution in [0.25, 0.3) is 5.76 Å². The number of aliphatic hydroxyl groups excluding tert-OH is 1.